The second-order valence-corrected chi connectivity index (χ2v) is 23.6. The number of hydrogen-bond acceptors (Lipinski definition) is 0. The van der Waals surface area contributed by atoms with Gasteiger partial charge in [-0.3, -0.25) is 0 Å². The van der Waals surface area contributed by atoms with Crippen molar-refractivity contribution in [1.29, 1.82) is 0 Å². The first-order valence-electron chi connectivity index (χ1n) is 29.1. The van der Waals surface area contributed by atoms with Gasteiger partial charge in [-0.1, -0.05) is 249 Å². The lowest BCUT2D eigenvalue weighted by molar-refractivity contribution is 0.292. The van der Waals surface area contributed by atoms with E-state index in [4.69, 9.17) is 0 Å². The van der Waals surface area contributed by atoms with Crippen LogP contribution < -0.4 is 0 Å². The van der Waals surface area contributed by atoms with Crippen molar-refractivity contribution >= 4 is 75.8 Å². The molecule has 1 atom stereocenters. The maximum Gasteiger partial charge on any atom is 0.0500 e. The minimum atomic E-state index is -0.625. The van der Waals surface area contributed by atoms with Gasteiger partial charge in [0.1, 0.15) is 0 Å². The molecule has 12 aromatic carbocycles. The molecule has 0 saturated heterocycles. The molecule has 0 aromatic heterocycles. The first-order valence-corrected chi connectivity index (χ1v) is 29.1. The van der Waals surface area contributed by atoms with Crippen LogP contribution in [-0.4, -0.2) is 0 Å². The van der Waals surface area contributed by atoms with Gasteiger partial charge in [-0.25, -0.2) is 0 Å². The first kappa shape index (κ1) is 44.6. The van der Waals surface area contributed by atoms with Crippen LogP contribution in [0.1, 0.15) is 59.1 Å². The minimum absolute atomic E-state index is 0.00630. The van der Waals surface area contributed by atoms with Crippen LogP contribution in [0.15, 0.2) is 278 Å². The molecule has 7 aliphatic carbocycles. The number of fused-ring (bicyclic) bond motifs is 23. The van der Waals surface area contributed by atoms with Gasteiger partial charge in [0.25, 0.3) is 0 Å². The zero-order chi connectivity index (χ0) is 52.2. The topological polar surface area (TPSA) is 0 Å². The Morgan fingerprint density at radius 3 is 1.04 bits per heavy atom. The van der Waals surface area contributed by atoms with E-state index in [1.807, 2.05) is 0 Å². The maximum absolute atomic E-state index is 2.78. The molecule has 7 aliphatic rings. The lowest BCUT2D eigenvalue weighted by Gasteiger charge is -2.42. The molecule has 0 nitrogen and oxygen atoms in total. The summed E-state index contributed by atoms with van der Waals surface area (Å²) in [7, 11) is 0. The maximum atomic E-state index is 2.78. The molecule has 0 N–H and O–H groups in total. The smallest absolute Gasteiger partial charge is 0.0500 e. The molecule has 374 valence electrons. The van der Waals surface area contributed by atoms with Crippen LogP contribution in [0.4, 0.5) is 0 Å². The van der Waals surface area contributed by atoms with Crippen molar-refractivity contribution in [2.24, 2.45) is 17.8 Å². The summed E-state index contributed by atoms with van der Waals surface area (Å²) in [4.78, 5) is 0. The second-order valence-electron chi connectivity index (χ2n) is 23.6. The van der Waals surface area contributed by atoms with E-state index in [0.717, 1.165) is 0 Å². The van der Waals surface area contributed by atoms with Crippen LogP contribution in [-0.2, 0) is 5.41 Å². The van der Waals surface area contributed by atoms with E-state index in [0.29, 0.717) is 11.8 Å². The molecule has 19 rings (SSSR count). The monoisotopic (exact) mass is 1010 g/mol. The summed E-state index contributed by atoms with van der Waals surface area (Å²) in [5, 5.41) is 15.4. The number of rotatable bonds is 4. The Morgan fingerprint density at radius 1 is 0.338 bits per heavy atom. The van der Waals surface area contributed by atoms with Gasteiger partial charge in [0.15, 0.2) is 0 Å². The summed E-state index contributed by atoms with van der Waals surface area (Å²) in [5.41, 5.74) is 22.2. The average molecular weight is 1020 g/mol. The van der Waals surface area contributed by atoms with Crippen molar-refractivity contribution in [2.45, 2.75) is 31.1 Å². The summed E-state index contributed by atoms with van der Waals surface area (Å²) < 4.78 is 0. The third kappa shape index (κ3) is 6.17. The largest absolute Gasteiger partial charge is 0.0760 e. The van der Waals surface area contributed by atoms with Crippen molar-refractivity contribution < 1.29 is 0 Å². The van der Waals surface area contributed by atoms with Crippen LogP contribution in [0.5, 0.6) is 0 Å². The summed E-state index contributed by atoms with van der Waals surface area (Å²) in [6, 6.07) is 83.3. The van der Waals surface area contributed by atoms with Crippen LogP contribution in [0.2, 0.25) is 0 Å². The molecule has 1 unspecified atom stereocenters. The Labute approximate surface area is 466 Å². The average Bonchev–Trinajstić information content (AvgIpc) is 4.27. The van der Waals surface area contributed by atoms with Crippen molar-refractivity contribution in [2.75, 3.05) is 0 Å². The fourth-order valence-electron chi connectivity index (χ4n) is 16.4. The number of benzene rings is 12. The standard InChI is InChI=1S/C80H54/c1-7-21-59-49(14-1)32-38-65-70(66-39-33-50-15-2-8-22-60(50)75(66)74(59)65)44-48(45-71-67-40-34-51-16-3-9-23-61(51)76(67)77-62-24-10-4-17-52(62)35-41-68(71)77)47-80(57-20-13-27-58-55-28-30-56(31-29-55)69(58)46-57)72-42-36-53-18-5-11-25-63(53)78(72)79-64-26-12-6-19-54(64)37-43-73(79)80/h1-27,32-47,55-57H,28-31H2. The Hall–Kier alpha value is -9.36. The summed E-state index contributed by atoms with van der Waals surface area (Å²) >= 11 is 0. The Balaban J connectivity index is 1.01. The fourth-order valence-corrected chi connectivity index (χ4v) is 16.4. The predicted octanol–water partition coefficient (Wildman–Crippen LogP) is 20.9. The van der Waals surface area contributed by atoms with Crippen molar-refractivity contribution in [3.63, 3.8) is 0 Å². The van der Waals surface area contributed by atoms with E-state index in [1.54, 1.807) is 11.1 Å². The van der Waals surface area contributed by atoms with Gasteiger partial charge in [0.05, 0.1) is 5.41 Å². The highest BCUT2D eigenvalue weighted by atomic mass is 14.5. The Bertz CT molecular complexity index is 4510. The highest BCUT2D eigenvalue weighted by Crippen LogP contribution is 2.62. The van der Waals surface area contributed by atoms with Gasteiger partial charge in [-0.2, -0.15) is 0 Å². The Morgan fingerprint density at radius 2 is 0.662 bits per heavy atom. The molecule has 3 saturated carbocycles. The number of hydrogen-bond donors (Lipinski definition) is 0. The SMILES string of the molecule is C1=CC(C2(C=C(C=C3c4ccc5ccccc5c4-c4c3ccc3ccccc43)C=C3c4ccc5ccccc5c4-c4c3ccc3ccccc43)c3ccc4ccccc4c3-c3c2ccc2ccccc32)C=C2C(=C1)C1CCC2CC1. The van der Waals surface area contributed by atoms with Crippen LogP contribution in [0.25, 0.3) is 109 Å². The quantitative estimate of drug-likeness (QED) is 0.165. The molecule has 12 aromatic rings. The van der Waals surface area contributed by atoms with Gasteiger partial charge in [-0.15, -0.1) is 0 Å². The molecule has 2 bridgehead atoms. The lowest BCUT2D eigenvalue weighted by Crippen LogP contribution is -2.33. The fraction of sp³-hybridized carbons (Fsp3) is 0.100. The van der Waals surface area contributed by atoms with E-state index in [1.165, 1.54) is 174 Å². The second kappa shape index (κ2) is 16.8. The third-order valence-electron chi connectivity index (χ3n) is 19.8. The van der Waals surface area contributed by atoms with E-state index < -0.39 is 5.41 Å². The number of allylic oxidation sites excluding steroid dienone is 10. The molecular formula is C80H54. The van der Waals surface area contributed by atoms with Crippen molar-refractivity contribution in [3.8, 4) is 33.4 Å². The zero-order valence-electron chi connectivity index (χ0n) is 44.4. The van der Waals surface area contributed by atoms with E-state index >= 15 is 0 Å². The normalized spacial score (nSPS) is 18.6. The van der Waals surface area contributed by atoms with E-state index in [9.17, 15) is 0 Å². The van der Waals surface area contributed by atoms with Crippen molar-refractivity contribution in [1.82, 2.24) is 0 Å². The zero-order valence-corrected chi connectivity index (χ0v) is 44.4. The van der Waals surface area contributed by atoms with Gasteiger partial charge in [0.2, 0.25) is 0 Å². The highest BCUT2D eigenvalue weighted by Gasteiger charge is 2.49. The molecule has 3 fully saturated rings. The van der Waals surface area contributed by atoms with Gasteiger partial charge >= 0.3 is 0 Å². The molecule has 0 radical (unpaired) electrons. The van der Waals surface area contributed by atoms with Gasteiger partial charge < -0.3 is 0 Å². The van der Waals surface area contributed by atoms with Crippen LogP contribution in [0, 0.1) is 17.8 Å². The molecule has 0 aliphatic heterocycles. The molecule has 0 heterocycles. The third-order valence-corrected chi connectivity index (χ3v) is 19.8. The molecule has 0 spiro atoms. The van der Waals surface area contributed by atoms with E-state index in [-0.39, 0.29) is 5.92 Å². The van der Waals surface area contributed by atoms with Gasteiger partial charge in [0, 0.05) is 5.92 Å². The van der Waals surface area contributed by atoms with Gasteiger partial charge in [-0.05, 0) is 209 Å². The summed E-state index contributed by atoms with van der Waals surface area (Å²) in [6.45, 7) is 0. The van der Waals surface area contributed by atoms with Crippen LogP contribution >= 0.6 is 0 Å². The molecule has 0 heteroatoms. The lowest BCUT2D eigenvalue weighted by atomic mass is 9.62. The Kier molecular flexibility index (Phi) is 9.38. The summed E-state index contributed by atoms with van der Waals surface area (Å²) in [5.74, 6) is 1.22. The highest BCUT2D eigenvalue weighted by molar-refractivity contribution is 6.21. The summed E-state index contributed by atoms with van der Waals surface area (Å²) in [6.07, 6.45) is 23.5. The predicted molar refractivity (Wildman–Crippen MR) is 338 cm³/mol. The minimum Gasteiger partial charge on any atom is -0.0760 e. The van der Waals surface area contributed by atoms with Crippen molar-refractivity contribution in [3.05, 3.63) is 311 Å². The molecule has 80 heavy (non-hydrogen) atoms. The molecular weight excluding hydrogens is 961 g/mol. The van der Waals surface area contributed by atoms with Crippen LogP contribution in [0.3, 0.4) is 0 Å². The molecule has 0 amide bonds. The first-order chi connectivity index (χ1) is 39.7. The van der Waals surface area contributed by atoms with E-state index in [2.05, 4.69) is 261 Å².